The molecule has 6 rings (SSSR count). The fraction of sp³-hybridized carbons (Fsp3) is 0.435. The quantitative estimate of drug-likeness (QED) is 0.120. The van der Waals surface area contributed by atoms with Gasteiger partial charge in [-0.25, -0.2) is 0 Å². The summed E-state index contributed by atoms with van der Waals surface area (Å²) in [4.78, 5) is 49.2. The van der Waals surface area contributed by atoms with Gasteiger partial charge in [0.15, 0.2) is 0 Å². The van der Waals surface area contributed by atoms with E-state index in [0.29, 0.717) is 35.6 Å². The molecule has 0 aromatic carbocycles. The normalized spacial score (nSPS) is 28.5. The first-order valence-electron chi connectivity index (χ1n) is 20.0. The van der Waals surface area contributed by atoms with Crippen LogP contribution < -0.4 is 21.3 Å². The van der Waals surface area contributed by atoms with Gasteiger partial charge in [-0.1, -0.05) is 0 Å². The number of allylic oxidation sites excluding steroid dienone is 16. The zero-order chi connectivity index (χ0) is 41.8. The molecule has 0 bridgehead atoms. The molecule has 0 saturated heterocycles. The van der Waals surface area contributed by atoms with Crippen molar-refractivity contribution in [3.63, 3.8) is 0 Å². The molecule has 4 atom stereocenters. The van der Waals surface area contributed by atoms with Crippen LogP contribution in [-0.2, 0) is 42.1 Å². The van der Waals surface area contributed by atoms with Crippen LogP contribution in [0, 0.1) is 22.7 Å². The van der Waals surface area contributed by atoms with Crippen molar-refractivity contribution in [3.8, 4) is 0 Å². The van der Waals surface area contributed by atoms with Gasteiger partial charge in [0, 0.05) is 0 Å². The molecule has 6 aliphatic carbocycles. The molecule has 4 amide bonds. The van der Waals surface area contributed by atoms with E-state index >= 15 is 0 Å². The Morgan fingerprint density at radius 1 is 0.614 bits per heavy atom. The van der Waals surface area contributed by atoms with E-state index in [-0.39, 0.29) is 29.0 Å². The number of hydrogen-bond donors (Lipinski definition) is 4. The summed E-state index contributed by atoms with van der Waals surface area (Å²) in [5.41, 5.74) is 12.2. The van der Waals surface area contributed by atoms with Crippen molar-refractivity contribution in [1.29, 1.82) is 0 Å². The van der Waals surface area contributed by atoms with Crippen molar-refractivity contribution in [2.24, 2.45) is 22.7 Å². The summed E-state index contributed by atoms with van der Waals surface area (Å²) in [5.74, 6) is -0.0237. The predicted octanol–water partition coefficient (Wildman–Crippen LogP) is 7.45. The van der Waals surface area contributed by atoms with Crippen LogP contribution in [0.15, 0.2) is 116 Å². The Balaban J connectivity index is 1.84. The van der Waals surface area contributed by atoms with E-state index in [1.165, 1.54) is 43.8 Å². The van der Waals surface area contributed by atoms with Crippen LogP contribution in [0.2, 0.25) is 32.5 Å². The number of carbonyl (C=O) groups is 4. The van der Waals surface area contributed by atoms with Crippen LogP contribution in [0.25, 0.3) is 0 Å². The summed E-state index contributed by atoms with van der Waals surface area (Å²) in [6, 6.07) is 0. The number of carbonyl (C=O) groups excluding carboxylic acids is 4. The SMILES string of the molecule is CC1=C(NC=O)C(NC=O)=CC2=C(C(=[Si](C)C)C(C)(C)[C]2([Hf][C]2(C3=CC=CC3)C3=C(C(=[Si](C)C)C2(C)C)C(C)C(C)=C(NC=O)C(NC=O)=C3)C2=CC=CC2)C1C. The molecule has 6 aliphatic rings. The van der Waals surface area contributed by atoms with Gasteiger partial charge >= 0.3 is 356 Å². The van der Waals surface area contributed by atoms with E-state index in [1.807, 2.05) is 0 Å². The zero-order valence-electron chi connectivity index (χ0n) is 35.6. The minimum absolute atomic E-state index is 0.0119. The Morgan fingerprint density at radius 2 is 0.965 bits per heavy atom. The van der Waals surface area contributed by atoms with Gasteiger partial charge in [0.2, 0.25) is 0 Å². The molecule has 298 valence electrons. The summed E-state index contributed by atoms with van der Waals surface area (Å²) in [6.07, 6.45) is 22.8. The maximum absolute atomic E-state index is 12.4. The molecule has 0 saturated carbocycles. The second-order valence-electron chi connectivity index (χ2n) is 17.7. The van der Waals surface area contributed by atoms with Crippen LogP contribution in [-0.4, -0.2) is 52.8 Å². The third kappa shape index (κ3) is 6.19. The van der Waals surface area contributed by atoms with Crippen LogP contribution in [0.3, 0.4) is 0 Å². The molecule has 4 N–H and O–H groups in total. The van der Waals surface area contributed by atoms with Crippen molar-refractivity contribution in [3.05, 3.63) is 116 Å². The van der Waals surface area contributed by atoms with Gasteiger partial charge in [-0.2, -0.15) is 0 Å². The molecule has 0 heterocycles. The van der Waals surface area contributed by atoms with Crippen LogP contribution in [0.4, 0.5) is 0 Å². The fourth-order valence-corrected chi connectivity index (χ4v) is 27.2. The number of amides is 4. The molecule has 0 aromatic heterocycles. The van der Waals surface area contributed by atoms with E-state index < -0.39 is 39.7 Å². The molecule has 0 radical (unpaired) electrons. The Kier molecular flexibility index (Phi) is 11.9. The second-order valence-corrected chi connectivity index (χ2v) is 28.9. The molecule has 0 aromatic rings. The molecular weight excluding hydrogens is 907 g/mol. The molecule has 0 aliphatic heterocycles. The number of hydrogen-bond acceptors (Lipinski definition) is 4. The first kappa shape index (κ1) is 42.9. The Bertz CT molecular complexity index is 2090. The predicted molar refractivity (Wildman–Crippen MR) is 232 cm³/mol. The molecule has 4 unspecified atom stereocenters. The Morgan fingerprint density at radius 3 is 1.25 bits per heavy atom. The van der Waals surface area contributed by atoms with Crippen LogP contribution in [0.5, 0.6) is 0 Å². The van der Waals surface area contributed by atoms with Gasteiger partial charge in [0.1, 0.15) is 0 Å². The number of rotatable bonds is 12. The molecule has 8 nitrogen and oxygen atoms in total. The summed E-state index contributed by atoms with van der Waals surface area (Å²) < 4.78 is -0.776. The van der Waals surface area contributed by atoms with Gasteiger partial charge in [-0.15, -0.1) is 0 Å². The van der Waals surface area contributed by atoms with Crippen molar-refractivity contribution in [2.75, 3.05) is 0 Å². The van der Waals surface area contributed by atoms with E-state index in [4.69, 9.17) is 0 Å². The average Bonchev–Trinajstić information content (AvgIpc) is 3.93. The van der Waals surface area contributed by atoms with Gasteiger partial charge in [-0.05, 0) is 0 Å². The van der Waals surface area contributed by atoms with Crippen molar-refractivity contribution in [1.82, 2.24) is 21.3 Å². The average molecular weight is 966 g/mol. The number of nitrogens with one attached hydrogen (secondary N) is 4. The van der Waals surface area contributed by atoms with E-state index in [0.717, 1.165) is 36.8 Å². The first-order chi connectivity index (χ1) is 27.0. The first-order valence-corrected chi connectivity index (χ1v) is 28.6. The topological polar surface area (TPSA) is 116 Å². The molecule has 0 spiro atoms. The van der Waals surface area contributed by atoms with Gasteiger partial charge in [0.05, 0.1) is 0 Å². The third-order valence-electron chi connectivity index (χ3n) is 13.8. The van der Waals surface area contributed by atoms with Gasteiger partial charge in [-0.3, -0.25) is 0 Å². The standard InChI is InChI=1S/2C23H29N2O2Si.Hf/c2*1-14-15(2)21(25-13-27)18(24-12-26)11-17-19(14)22(28(5)6)23(3,4)20(17)16-9-7-8-10-16;/h2*7-9,11-14H,10H2,1-6H3,(H,24,26)(H,25,27);. The fourth-order valence-electron chi connectivity index (χ4n) is 11.5. The van der Waals surface area contributed by atoms with E-state index in [9.17, 15) is 19.2 Å². The summed E-state index contributed by atoms with van der Waals surface area (Å²) >= 11 is -2.38. The second kappa shape index (κ2) is 15.8. The summed E-state index contributed by atoms with van der Waals surface area (Å²) in [7, 11) is -2.10. The van der Waals surface area contributed by atoms with Crippen molar-refractivity contribution in [2.45, 2.75) is 101 Å². The van der Waals surface area contributed by atoms with Gasteiger partial charge in [0.25, 0.3) is 0 Å². The van der Waals surface area contributed by atoms with Gasteiger partial charge < -0.3 is 0 Å². The molecule has 57 heavy (non-hydrogen) atoms. The third-order valence-corrected chi connectivity index (χ3v) is 29.1. The van der Waals surface area contributed by atoms with Crippen molar-refractivity contribution >= 4 is 52.8 Å². The monoisotopic (exact) mass is 966 g/mol. The Labute approximate surface area is 353 Å². The van der Waals surface area contributed by atoms with Crippen molar-refractivity contribution < 1.29 is 42.1 Å². The molecule has 0 fully saturated rings. The van der Waals surface area contributed by atoms with E-state index in [2.05, 4.69) is 151 Å². The zero-order valence-corrected chi connectivity index (χ0v) is 41.2. The van der Waals surface area contributed by atoms with E-state index in [1.54, 1.807) is 0 Å². The van der Waals surface area contributed by atoms with Crippen LogP contribution >= 0.6 is 0 Å². The molecular formula is C46H58HfN4O4Si2. The van der Waals surface area contributed by atoms with Crippen LogP contribution in [0.1, 0.15) is 68.2 Å². The Hall–Kier alpha value is -3.68. The molecule has 11 heteroatoms. The summed E-state index contributed by atoms with van der Waals surface area (Å²) in [6.45, 7) is 28.4. The maximum atomic E-state index is 12.4. The minimum atomic E-state index is -2.38. The summed E-state index contributed by atoms with van der Waals surface area (Å²) in [5, 5.41) is 15.2.